The normalized spacial score (nSPS) is 20.4. The number of thiophene rings is 1. The minimum Gasteiger partial charge on any atom is -0.465 e. The maximum atomic E-state index is 13.3. The highest BCUT2D eigenvalue weighted by atomic mass is 35.5. The number of hydrogen-bond acceptors (Lipinski definition) is 7. The number of aromatic nitrogens is 1. The van der Waals surface area contributed by atoms with Gasteiger partial charge in [0.25, 0.3) is 5.91 Å². The second kappa shape index (κ2) is 12.0. The monoisotopic (exact) mass is 576 g/mol. The van der Waals surface area contributed by atoms with E-state index in [0.717, 1.165) is 10.4 Å². The molecule has 5 amide bonds. The van der Waals surface area contributed by atoms with Crippen LogP contribution >= 0.6 is 22.9 Å². The first kappa shape index (κ1) is 28.3. The van der Waals surface area contributed by atoms with Crippen molar-refractivity contribution in [2.45, 2.75) is 44.3 Å². The summed E-state index contributed by atoms with van der Waals surface area (Å²) in [4.78, 5) is 70.6. The zero-order valence-electron chi connectivity index (χ0n) is 21.4. The van der Waals surface area contributed by atoms with Crippen LogP contribution in [0.25, 0.3) is 0 Å². The molecule has 0 spiro atoms. The minimum atomic E-state index is -1.01. The average molecular weight is 577 g/mol. The van der Waals surface area contributed by atoms with Crippen molar-refractivity contribution < 1.29 is 29.1 Å². The van der Waals surface area contributed by atoms with E-state index in [4.69, 9.17) is 11.6 Å². The fraction of sp³-hybridized carbons (Fsp3) is 0.440. The highest BCUT2D eigenvalue weighted by molar-refractivity contribution is 7.14. The topological polar surface area (TPSA) is 161 Å². The number of halogens is 1. The van der Waals surface area contributed by atoms with E-state index in [2.05, 4.69) is 20.9 Å². The van der Waals surface area contributed by atoms with Crippen LogP contribution < -0.4 is 16.0 Å². The highest BCUT2D eigenvalue weighted by Crippen LogP contribution is 2.30. The molecular weight excluding hydrogens is 548 g/mol. The van der Waals surface area contributed by atoms with Crippen molar-refractivity contribution in [3.05, 3.63) is 44.7 Å². The molecule has 0 bridgehead atoms. The number of nitrogens with one attached hydrogen (secondary N) is 3. The van der Waals surface area contributed by atoms with Gasteiger partial charge in [-0.2, -0.15) is 0 Å². The van der Waals surface area contributed by atoms with E-state index in [9.17, 15) is 29.1 Å². The molecule has 0 saturated heterocycles. The number of pyridine rings is 1. The predicted octanol–water partition coefficient (Wildman–Crippen LogP) is 1.94. The van der Waals surface area contributed by atoms with Gasteiger partial charge in [0, 0.05) is 43.7 Å². The van der Waals surface area contributed by atoms with Crippen molar-refractivity contribution in [2.24, 2.45) is 5.92 Å². The van der Waals surface area contributed by atoms with E-state index in [1.807, 2.05) is 0 Å². The Hall–Kier alpha value is -3.71. The van der Waals surface area contributed by atoms with E-state index in [0.29, 0.717) is 35.7 Å². The van der Waals surface area contributed by atoms with Crippen molar-refractivity contribution in [3.63, 3.8) is 0 Å². The first-order valence-corrected chi connectivity index (χ1v) is 13.6. The van der Waals surface area contributed by atoms with E-state index < -0.39 is 30.0 Å². The molecule has 1 saturated carbocycles. The van der Waals surface area contributed by atoms with Gasteiger partial charge >= 0.3 is 17.9 Å². The lowest BCUT2D eigenvalue weighted by molar-refractivity contribution is -0.137. The molecule has 39 heavy (non-hydrogen) atoms. The summed E-state index contributed by atoms with van der Waals surface area (Å²) < 4.78 is 0. The smallest absolute Gasteiger partial charge is 0.407 e. The lowest BCUT2D eigenvalue weighted by atomic mass is 9.81. The zero-order chi connectivity index (χ0) is 28.3. The van der Waals surface area contributed by atoms with Gasteiger partial charge in [-0.25, -0.2) is 9.78 Å². The molecule has 1 aliphatic carbocycles. The summed E-state index contributed by atoms with van der Waals surface area (Å²) in [6, 6.07) is 3.48. The van der Waals surface area contributed by atoms with Gasteiger partial charge in [0.15, 0.2) is 0 Å². The molecule has 3 heterocycles. The van der Waals surface area contributed by atoms with Crippen molar-refractivity contribution in [1.29, 1.82) is 0 Å². The number of carboxylic acid groups (broad SMARTS) is 1. The fourth-order valence-electron chi connectivity index (χ4n) is 4.80. The molecule has 0 radical (unpaired) electrons. The Morgan fingerprint density at radius 1 is 1.10 bits per heavy atom. The van der Waals surface area contributed by atoms with E-state index >= 15 is 0 Å². The van der Waals surface area contributed by atoms with Crippen LogP contribution in [0.2, 0.25) is 5.02 Å². The molecule has 208 valence electrons. The van der Waals surface area contributed by atoms with Gasteiger partial charge in [0.1, 0.15) is 5.82 Å². The van der Waals surface area contributed by atoms with Gasteiger partial charge in [0.2, 0.25) is 5.91 Å². The van der Waals surface area contributed by atoms with Crippen molar-refractivity contribution >= 4 is 58.5 Å². The molecule has 2 aliphatic rings. The molecule has 2 aromatic rings. The van der Waals surface area contributed by atoms with E-state index in [-0.39, 0.29) is 36.5 Å². The highest BCUT2D eigenvalue weighted by Gasteiger charge is 2.37. The van der Waals surface area contributed by atoms with Crippen LogP contribution in [-0.4, -0.2) is 82.3 Å². The third-order valence-electron chi connectivity index (χ3n) is 6.81. The first-order valence-electron chi connectivity index (χ1n) is 12.4. The molecule has 2 aromatic heterocycles. The Labute approximate surface area is 233 Å². The second-order valence-electron chi connectivity index (χ2n) is 9.73. The molecule has 12 nitrogen and oxygen atoms in total. The predicted molar refractivity (Wildman–Crippen MR) is 144 cm³/mol. The summed E-state index contributed by atoms with van der Waals surface area (Å²) in [5, 5.41) is 17.7. The Kier molecular flexibility index (Phi) is 8.70. The third kappa shape index (κ3) is 6.84. The number of hydrogen-bond donors (Lipinski definition) is 4. The number of rotatable bonds is 5. The largest absolute Gasteiger partial charge is 0.465 e. The summed E-state index contributed by atoms with van der Waals surface area (Å²) in [7, 11) is 3.32. The summed E-state index contributed by atoms with van der Waals surface area (Å²) in [5.74, 6) is -2.47. The van der Waals surface area contributed by atoms with Gasteiger partial charge in [-0.05, 0) is 49.4 Å². The molecule has 4 rings (SSSR count). The number of amides is 5. The lowest BCUT2D eigenvalue weighted by Crippen LogP contribution is -2.57. The van der Waals surface area contributed by atoms with E-state index in [1.165, 1.54) is 39.5 Å². The number of nitrogens with zero attached hydrogens (tertiary/aromatic N) is 3. The van der Waals surface area contributed by atoms with Crippen molar-refractivity contribution in [3.8, 4) is 0 Å². The molecule has 4 N–H and O–H groups in total. The molecular formula is C25H29ClN6O6S. The van der Waals surface area contributed by atoms with Gasteiger partial charge in [-0.3, -0.25) is 19.2 Å². The van der Waals surface area contributed by atoms with Crippen LogP contribution in [0.15, 0.2) is 24.4 Å². The van der Waals surface area contributed by atoms with Crippen LogP contribution in [0.5, 0.6) is 0 Å². The summed E-state index contributed by atoms with van der Waals surface area (Å²) in [6.07, 6.45) is 2.00. The lowest BCUT2D eigenvalue weighted by Gasteiger charge is -2.37. The standard InChI is InChI=1S/C25H29ClN6O6S/c1-31(2)24(36)13-3-5-16(28-22(34)23(35)30-20-6-4-15(26)11-27-20)17(9-13)29-21(33)19-10-14-12-32(25(37)38)8-7-18(14)39-19/h4,6,10-11,13,16-17H,3,5,7-9,12H2,1-2H3,(H,28,34)(H,29,33)(H,37,38)(H,27,30,35)/t13-,16-,17+/m0/s1. The quantitative estimate of drug-likeness (QED) is 0.395. The van der Waals surface area contributed by atoms with Gasteiger partial charge in [0.05, 0.1) is 22.5 Å². The number of carbonyl (C=O) groups excluding carboxylic acids is 4. The third-order valence-corrected chi connectivity index (χ3v) is 8.27. The van der Waals surface area contributed by atoms with Crippen molar-refractivity contribution in [2.75, 3.05) is 26.0 Å². The maximum Gasteiger partial charge on any atom is 0.407 e. The summed E-state index contributed by atoms with van der Waals surface area (Å²) in [5.41, 5.74) is 0.792. The summed E-state index contributed by atoms with van der Waals surface area (Å²) in [6.45, 7) is 0.579. The van der Waals surface area contributed by atoms with Crippen LogP contribution in [-0.2, 0) is 27.3 Å². The maximum absolute atomic E-state index is 13.3. The van der Waals surface area contributed by atoms with Crippen LogP contribution in [0.3, 0.4) is 0 Å². The molecule has 0 aromatic carbocycles. The molecule has 3 atom stereocenters. The van der Waals surface area contributed by atoms with Crippen LogP contribution in [0, 0.1) is 5.92 Å². The van der Waals surface area contributed by atoms with E-state index in [1.54, 1.807) is 20.2 Å². The average Bonchev–Trinajstić information content (AvgIpc) is 3.34. The van der Waals surface area contributed by atoms with Gasteiger partial charge in [-0.1, -0.05) is 11.6 Å². The molecule has 0 unspecified atom stereocenters. The van der Waals surface area contributed by atoms with Crippen molar-refractivity contribution in [1.82, 2.24) is 25.4 Å². The molecule has 1 fully saturated rings. The molecule has 14 heteroatoms. The molecule has 1 aliphatic heterocycles. The Balaban J connectivity index is 1.46. The SMILES string of the molecule is CN(C)C(=O)[C@H]1CC[C@H](NC(=O)C(=O)Nc2ccc(Cl)cn2)[C@H](NC(=O)c2cc3c(s2)CCN(C(=O)O)C3)C1. The number of carbonyl (C=O) groups is 5. The van der Waals surface area contributed by atoms with Gasteiger partial charge < -0.3 is 30.9 Å². The summed E-state index contributed by atoms with van der Waals surface area (Å²) >= 11 is 7.11. The van der Waals surface area contributed by atoms with Crippen LogP contribution in [0.4, 0.5) is 10.6 Å². The Bertz CT molecular complexity index is 1280. The fourth-order valence-corrected chi connectivity index (χ4v) is 5.97. The van der Waals surface area contributed by atoms with Gasteiger partial charge in [-0.15, -0.1) is 11.3 Å². The Morgan fingerprint density at radius 2 is 1.87 bits per heavy atom. The van der Waals surface area contributed by atoms with Crippen LogP contribution in [0.1, 0.15) is 39.4 Å². The zero-order valence-corrected chi connectivity index (χ0v) is 23.0. The second-order valence-corrected chi connectivity index (χ2v) is 11.3. The number of anilines is 1. The minimum absolute atomic E-state index is 0.0778. The first-order chi connectivity index (χ1) is 18.5. The number of fused-ring (bicyclic) bond motifs is 1. The Morgan fingerprint density at radius 3 is 2.54 bits per heavy atom.